The van der Waals surface area contributed by atoms with Crippen molar-refractivity contribution >= 4 is 5.91 Å². The minimum absolute atomic E-state index is 0.0957. The van der Waals surface area contributed by atoms with Crippen molar-refractivity contribution in [3.05, 3.63) is 23.8 Å². The molecular weight excluding hydrogens is 292 g/mol. The maximum Gasteiger partial charge on any atom is 0.221 e. The number of likely N-dealkylation sites (tertiary alicyclic amines) is 1. The quantitative estimate of drug-likeness (QED) is 0.838. The highest BCUT2D eigenvalue weighted by Gasteiger charge is 2.16. The van der Waals surface area contributed by atoms with Crippen molar-refractivity contribution in [2.75, 3.05) is 33.9 Å². The first kappa shape index (κ1) is 17.6. The number of carbonyl (C=O) groups excluding carboxylic acids is 1. The molecule has 0 atom stereocenters. The molecule has 1 aliphatic rings. The monoisotopic (exact) mass is 320 g/mol. The molecule has 5 heteroatoms. The van der Waals surface area contributed by atoms with E-state index >= 15 is 0 Å². The van der Waals surface area contributed by atoms with Gasteiger partial charge in [0.05, 0.1) is 14.2 Å². The molecule has 0 radical (unpaired) electrons. The Kier molecular flexibility index (Phi) is 6.71. The number of nitrogens with zero attached hydrogens (tertiary/aromatic N) is 1. The maximum atomic E-state index is 12.0. The zero-order valence-corrected chi connectivity index (χ0v) is 14.4. The number of nitrogens with one attached hydrogen (secondary N) is 1. The summed E-state index contributed by atoms with van der Waals surface area (Å²) in [4.78, 5) is 14.4. The number of piperidine rings is 1. The number of hydrogen-bond acceptors (Lipinski definition) is 4. The second-order valence-electron chi connectivity index (χ2n) is 6.24. The highest BCUT2D eigenvalue weighted by Crippen LogP contribution is 2.27. The largest absolute Gasteiger partial charge is 0.493 e. The highest BCUT2D eigenvalue weighted by molar-refractivity contribution is 5.76. The van der Waals surface area contributed by atoms with Gasteiger partial charge in [-0.3, -0.25) is 4.79 Å². The normalized spacial score (nSPS) is 16.1. The Morgan fingerprint density at radius 2 is 1.91 bits per heavy atom. The fourth-order valence-corrected chi connectivity index (χ4v) is 2.82. The fourth-order valence-electron chi connectivity index (χ4n) is 2.82. The van der Waals surface area contributed by atoms with Crippen LogP contribution in [0.5, 0.6) is 11.5 Å². The molecule has 0 aromatic heterocycles. The van der Waals surface area contributed by atoms with E-state index in [1.807, 2.05) is 18.2 Å². The summed E-state index contributed by atoms with van der Waals surface area (Å²) in [6.45, 7) is 5.89. The standard InChI is InChI=1S/C18H28N2O3/c1-14-6-9-20(10-7-14)11-8-18(21)19-13-15-4-5-16(22-2)17(12-15)23-3/h4-5,12,14H,6-11,13H2,1-3H3,(H,19,21). The van der Waals surface area contributed by atoms with Crippen LogP contribution in [0.3, 0.4) is 0 Å². The van der Waals surface area contributed by atoms with Crippen molar-refractivity contribution in [3.8, 4) is 11.5 Å². The average Bonchev–Trinajstić information content (AvgIpc) is 2.59. The molecule has 1 heterocycles. The Morgan fingerprint density at radius 1 is 1.22 bits per heavy atom. The van der Waals surface area contributed by atoms with Gasteiger partial charge in [-0.25, -0.2) is 0 Å². The van der Waals surface area contributed by atoms with Crippen molar-refractivity contribution in [1.29, 1.82) is 0 Å². The van der Waals surface area contributed by atoms with E-state index in [-0.39, 0.29) is 5.91 Å². The number of hydrogen-bond donors (Lipinski definition) is 1. The van der Waals surface area contributed by atoms with E-state index in [9.17, 15) is 4.79 Å². The zero-order chi connectivity index (χ0) is 16.7. The first-order valence-electron chi connectivity index (χ1n) is 8.32. The molecule has 1 aromatic carbocycles. The lowest BCUT2D eigenvalue weighted by atomic mass is 9.99. The molecule has 1 amide bonds. The predicted octanol–water partition coefficient (Wildman–Crippen LogP) is 2.44. The van der Waals surface area contributed by atoms with Crippen LogP contribution in [0.2, 0.25) is 0 Å². The second kappa shape index (κ2) is 8.77. The average molecular weight is 320 g/mol. The molecule has 23 heavy (non-hydrogen) atoms. The minimum atomic E-state index is 0.0957. The molecule has 0 unspecified atom stereocenters. The summed E-state index contributed by atoms with van der Waals surface area (Å²) in [5, 5.41) is 2.97. The minimum Gasteiger partial charge on any atom is -0.493 e. The Hall–Kier alpha value is -1.75. The van der Waals surface area contributed by atoms with Gasteiger partial charge in [-0.05, 0) is 49.5 Å². The molecule has 0 aliphatic carbocycles. The molecule has 128 valence electrons. The van der Waals surface area contributed by atoms with Crippen molar-refractivity contribution in [2.24, 2.45) is 5.92 Å². The number of methoxy groups -OCH3 is 2. The van der Waals surface area contributed by atoms with E-state index in [0.29, 0.717) is 24.5 Å². The van der Waals surface area contributed by atoms with Gasteiger partial charge in [0.25, 0.3) is 0 Å². The van der Waals surface area contributed by atoms with Gasteiger partial charge >= 0.3 is 0 Å². The number of rotatable bonds is 7. The number of benzene rings is 1. The van der Waals surface area contributed by atoms with Crippen LogP contribution in [0.4, 0.5) is 0 Å². The first-order valence-corrected chi connectivity index (χ1v) is 8.32. The fraction of sp³-hybridized carbons (Fsp3) is 0.611. The van der Waals surface area contributed by atoms with Gasteiger partial charge in [-0.15, -0.1) is 0 Å². The third-order valence-corrected chi connectivity index (χ3v) is 4.47. The summed E-state index contributed by atoms with van der Waals surface area (Å²) in [5.41, 5.74) is 1.00. The molecule has 1 N–H and O–H groups in total. The molecule has 5 nitrogen and oxygen atoms in total. The van der Waals surface area contributed by atoms with Crippen LogP contribution >= 0.6 is 0 Å². The smallest absolute Gasteiger partial charge is 0.221 e. The third kappa shape index (κ3) is 5.43. The Labute approximate surface area is 139 Å². The van der Waals surface area contributed by atoms with Crippen molar-refractivity contribution in [1.82, 2.24) is 10.2 Å². The Balaban J connectivity index is 1.74. The Bertz CT molecular complexity index is 511. The molecule has 0 bridgehead atoms. The van der Waals surface area contributed by atoms with Gasteiger partial charge in [-0.1, -0.05) is 13.0 Å². The van der Waals surface area contributed by atoms with Crippen LogP contribution in [-0.4, -0.2) is 44.7 Å². The van der Waals surface area contributed by atoms with Crippen LogP contribution < -0.4 is 14.8 Å². The van der Waals surface area contributed by atoms with Crippen LogP contribution in [0.15, 0.2) is 18.2 Å². The topological polar surface area (TPSA) is 50.8 Å². The molecule has 1 aliphatic heterocycles. The van der Waals surface area contributed by atoms with E-state index in [4.69, 9.17) is 9.47 Å². The highest BCUT2D eigenvalue weighted by atomic mass is 16.5. The summed E-state index contributed by atoms with van der Waals surface area (Å²) in [5.74, 6) is 2.30. The van der Waals surface area contributed by atoms with Crippen molar-refractivity contribution in [2.45, 2.75) is 32.7 Å². The lowest BCUT2D eigenvalue weighted by molar-refractivity contribution is -0.121. The zero-order valence-electron chi connectivity index (χ0n) is 14.4. The summed E-state index contributed by atoms with van der Waals surface area (Å²) in [6.07, 6.45) is 3.04. The predicted molar refractivity (Wildman–Crippen MR) is 90.8 cm³/mol. The first-order chi connectivity index (χ1) is 11.1. The molecular formula is C18H28N2O3. The van der Waals surface area contributed by atoms with Gasteiger partial charge < -0.3 is 19.7 Å². The summed E-state index contributed by atoms with van der Waals surface area (Å²) in [7, 11) is 3.22. The SMILES string of the molecule is COc1ccc(CNC(=O)CCN2CCC(C)CC2)cc1OC. The molecule has 0 spiro atoms. The lowest BCUT2D eigenvalue weighted by Crippen LogP contribution is -2.36. The molecule has 1 fully saturated rings. The van der Waals surface area contributed by atoms with Gasteiger partial charge in [0.1, 0.15) is 0 Å². The van der Waals surface area contributed by atoms with E-state index < -0.39 is 0 Å². The summed E-state index contributed by atoms with van der Waals surface area (Å²) < 4.78 is 10.5. The van der Waals surface area contributed by atoms with Crippen LogP contribution in [0.25, 0.3) is 0 Å². The van der Waals surface area contributed by atoms with Crippen LogP contribution in [-0.2, 0) is 11.3 Å². The van der Waals surface area contributed by atoms with Crippen LogP contribution in [0.1, 0.15) is 31.7 Å². The molecule has 1 aromatic rings. The number of ether oxygens (including phenoxy) is 2. The lowest BCUT2D eigenvalue weighted by Gasteiger charge is -2.29. The molecule has 0 saturated carbocycles. The van der Waals surface area contributed by atoms with E-state index in [2.05, 4.69) is 17.1 Å². The number of carbonyl (C=O) groups is 1. The summed E-state index contributed by atoms with van der Waals surface area (Å²) >= 11 is 0. The maximum absolute atomic E-state index is 12.0. The third-order valence-electron chi connectivity index (χ3n) is 4.47. The van der Waals surface area contributed by atoms with Gasteiger partial charge in [-0.2, -0.15) is 0 Å². The second-order valence-corrected chi connectivity index (χ2v) is 6.24. The van der Waals surface area contributed by atoms with Crippen molar-refractivity contribution < 1.29 is 14.3 Å². The van der Waals surface area contributed by atoms with Crippen molar-refractivity contribution in [3.63, 3.8) is 0 Å². The van der Waals surface area contributed by atoms with Gasteiger partial charge in [0.2, 0.25) is 5.91 Å². The van der Waals surface area contributed by atoms with Gasteiger partial charge in [0.15, 0.2) is 11.5 Å². The Morgan fingerprint density at radius 3 is 2.57 bits per heavy atom. The van der Waals surface area contributed by atoms with E-state index in [1.165, 1.54) is 12.8 Å². The summed E-state index contributed by atoms with van der Waals surface area (Å²) in [6, 6.07) is 5.69. The van der Waals surface area contributed by atoms with E-state index in [1.54, 1.807) is 14.2 Å². The van der Waals surface area contributed by atoms with Crippen LogP contribution in [0, 0.1) is 5.92 Å². The van der Waals surface area contributed by atoms with Gasteiger partial charge in [0, 0.05) is 19.5 Å². The molecule has 1 saturated heterocycles. The van der Waals surface area contributed by atoms with E-state index in [0.717, 1.165) is 31.1 Å². The number of amides is 1. The molecule has 2 rings (SSSR count).